The van der Waals surface area contributed by atoms with Gasteiger partial charge < -0.3 is 19.9 Å². The Morgan fingerprint density at radius 3 is 2.22 bits per heavy atom. The molecule has 0 unspecified atom stereocenters. The first-order valence-corrected chi connectivity index (χ1v) is 17.1. The summed E-state index contributed by atoms with van der Waals surface area (Å²) in [4.78, 5) is 24.0. The summed E-state index contributed by atoms with van der Waals surface area (Å²) in [5.41, 5.74) is 6.60. The first-order valence-electron chi connectivity index (χ1n) is 16.7. The monoisotopic (exact) mass is 773 g/mol. The number of ether oxygens (including phenoxy) is 1. The Morgan fingerprint density at radius 1 is 0.878 bits per heavy atom. The number of nitrogens with zero attached hydrogens (tertiary/aromatic N) is 4. The van der Waals surface area contributed by atoms with E-state index in [-0.39, 0.29) is 67.6 Å². The zero-order valence-corrected chi connectivity index (χ0v) is 32.3. The molecular formula is C37H52Cl5N5O2. The fraction of sp³-hybridized carbons (Fsp3) is 0.486. The molecule has 6 rings (SSSR count). The number of nitrogens with one attached hydrogen (secondary N) is 1. The number of hydrogen-bond acceptors (Lipinski definition) is 6. The van der Waals surface area contributed by atoms with E-state index in [4.69, 9.17) is 16.3 Å². The minimum Gasteiger partial charge on any atom is -0.383 e. The molecule has 2 saturated heterocycles. The van der Waals surface area contributed by atoms with Crippen LogP contribution < -0.4 is 10.2 Å². The highest BCUT2D eigenvalue weighted by Crippen LogP contribution is 2.26. The van der Waals surface area contributed by atoms with Crippen molar-refractivity contribution in [2.24, 2.45) is 0 Å². The molecule has 3 aliphatic heterocycles. The maximum atomic E-state index is 14.5. The van der Waals surface area contributed by atoms with Gasteiger partial charge in [-0.05, 0) is 79.2 Å². The van der Waals surface area contributed by atoms with Crippen LogP contribution in [0.5, 0.6) is 0 Å². The van der Waals surface area contributed by atoms with Crippen LogP contribution in [0.3, 0.4) is 0 Å². The van der Waals surface area contributed by atoms with Crippen LogP contribution in [0, 0.1) is 0 Å². The topological polar surface area (TPSA) is 51.3 Å². The number of anilines is 1. The van der Waals surface area contributed by atoms with E-state index in [1.165, 1.54) is 48.3 Å². The Morgan fingerprint density at radius 2 is 1.53 bits per heavy atom. The molecule has 2 atom stereocenters. The fourth-order valence-electron chi connectivity index (χ4n) is 7.25. The SMILES string of the molecule is COCCN(C[C@H]1Cc2ccccc2CN1)[C@H](Cc1ccc(Cl)cc1)C(=O)N1CCN(c2ccccc2CN2CCCC2)CC1.Cl.Cl.Cl.Cl. The van der Waals surface area contributed by atoms with E-state index >= 15 is 0 Å². The number of likely N-dealkylation sites (tertiary alicyclic amines) is 1. The highest BCUT2D eigenvalue weighted by atomic mass is 35.5. The predicted molar refractivity (Wildman–Crippen MR) is 212 cm³/mol. The normalized spacial score (nSPS) is 18.0. The van der Waals surface area contributed by atoms with E-state index in [2.05, 4.69) is 85.6 Å². The van der Waals surface area contributed by atoms with Crippen molar-refractivity contribution in [2.45, 2.75) is 50.9 Å². The largest absolute Gasteiger partial charge is 0.383 e. The number of amides is 1. The van der Waals surface area contributed by atoms with Crippen LogP contribution in [-0.4, -0.2) is 98.8 Å². The summed E-state index contributed by atoms with van der Waals surface area (Å²) in [7, 11) is 1.74. The maximum Gasteiger partial charge on any atom is 0.240 e. The van der Waals surface area contributed by atoms with E-state index in [0.717, 1.165) is 57.8 Å². The average molecular weight is 776 g/mol. The van der Waals surface area contributed by atoms with E-state index in [9.17, 15) is 4.79 Å². The van der Waals surface area contributed by atoms with Crippen LogP contribution in [0.2, 0.25) is 5.02 Å². The van der Waals surface area contributed by atoms with Crippen LogP contribution in [0.1, 0.15) is 35.1 Å². The third-order valence-corrected chi connectivity index (χ3v) is 10.0. The number of halogens is 5. The Bertz CT molecular complexity index is 1400. The number of hydrogen-bond donors (Lipinski definition) is 1. The molecule has 3 aromatic rings. The van der Waals surface area contributed by atoms with Crippen molar-refractivity contribution in [2.75, 3.05) is 71.0 Å². The number of benzene rings is 3. The van der Waals surface area contributed by atoms with Crippen molar-refractivity contribution in [1.82, 2.24) is 20.0 Å². The van der Waals surface area contributed by atoms with Crippen LogP contribution in [0.4, 0.5) is 5.69 Å². The van der Waals surface area contributed by atoms with Gasteiger partial charge in [0.1, 0.15) is 0 Å². The third-order valence-electron chi connectivity index (χ3n) is 9.79. The lowest BCUT2D eigenvalue weighted by Crippen LogP contribution is -2.58. The van der Waals surface area contributed by atoms with Gasteiger partial charge >= 0.3 is 0 Å². The Kier molecular flexibility index (Phi) is 19.1. The second-order valence-electron chi connectivity index (χ2n) is 12.8. The molecule has 0 saturated carbocycles. The zero-order valence-electron chi connectivity index (χ0n) is 28.3. The number of fused-ring (bicyclic) bond motifs is 1. The highest BCUT2D eigenvalue weighted by Gasteiger charge is 2.34. The molecule has 0 spiro atoms. The standard InChI is InChI=1S/C37H48ClN5O2.4ClH/c1-45-23-22-43(28-34-25-30-8-2-3-9-31(30)26-39-34)36(24-29-12-14-33(38)15-13-29)37(44)42-20-18-41(19-21-42)35-11-5-4-10-32(35)27-40-16-6-7-17-40;;;;/h2-5,8-15,34,36,39H,6-7,16-28H2,1H3;4*1H/t34-,36-;;;;/m1..../s1. The van der Waals surface area contributed by atoms with Gasteiger partial charge in [-0.2, -0.15) is 0 Å². The van der Waals surface area contributed by atoms with Crippen molar-refractivity contribution in [3.8, 4) is 0 Å². The van der Waals surface area contributed by atoms with Crippen molar-refractivity contribution >= 4 is 72.8 Å². The first-order chi connectivity index (χ1) is 22.1. The third kappa shape index (κ3) is 11.6. The van der Waals surface area contributed by atoms with Gasteiger partial charge in [0.15, 0.2) is 0 Å². The van der Waals surface area contributed by atoms with Gasteiger partial charge in [-0.1, -0.05) is 66.2 Å². The zero-order chi connectivity index (χ0) is 31.0. The van der Waals surface area contributed by atoms with Crippen molar-refractivity contribution in [3.05, 3.63) is 100 Å². The number of piperazine rings is 1. The molecule has 7 nitrogen and oxygen atoms in total. The second kappa shape index (κ2) is 21.6. The molecule has 1 amide bonds. The lowest BCUT2D eigenvalue weighted by atomic mass is 9.94. The number of methoxy groups -OCH3 is 1. The van der Waals surface area contributed by atoms with Gasteiger partial charge in [-0.25, -0.2) is 0 Å². The minimum atomic E-state index is -0.283. The van der Waals surface area contributed by atoms with Crippen LogP contribution >= 0.6 is 61.2 Å². The molecule has 0 aliphatic carbocycles. The lowest BCUT2D eigenvalue weighted by Gasteiger charge is -2.41. The quantitative estimate of drug-likeness (QED) is 0.226. The summed E-state index contributed by atoms with van der Waals surface area (Å²) in [5, 5.41) is 4.46. The summed E-state index contributed by atoms with van der Waals surface area (Å²) in [6.07, 6.45) is 4.19. The minimum absolute atomic E-state index is 0. The molecule has 49 heavy (non-hydrogen) atoms. The summed E-state index contributed by atoms with van der Waals surface area (Å²) in [6, 6.07) is 25.5. The summed E-state index contributed by atoms with van der Waals surface area (Å²) >= 11 is 6.24. The number of carbonyl (C=O) groups excluding carboxylic acids is 1. The molecule has 0 bridgehead atoms. The molecule has 1 N–H and O–H groups in total. The molecule has 0 aromatic heterocycles. The molecule has 12 heteroatoms. The summed E-state index contributed by atoms with van der Waals surface area (Å²) in [5.74, 6) is 0.210. The van der Waals surface area contributed by atoms with Gasteiger partial charge in [0.2, 0.25) is 5.91 Å². The molecule has 3 heterocycles. The Hall–Kier alpha value is -1.78. The summed E-state index contributed by atoms with van der Waals surface area (Å²) < 4.78 is 5.57. The number of carbonyl (C=O) groups is 1. The van der Waals surface area contributed by atoms with Gasteiger partial charge in [-0.3, -0.25) is 14.6 Å². The van der Waals surface area contributed by atoms with E-state index in [1.807, 2.05) is 12.1 Å². The molecule has 3 aliphatic rings. The smallest absolute Gasteiger partial charge is 0.240 e. The molecular weight excluding hydrogens is 724 g/mol. The highest BCUT2D eigenvalue weighted by molar-refractivity contribution is 6.30. The average Bonchev–Trinajstić information content (AvgIpc) is 3.60. The van der Waals surface area contributed by atoms with E-state index < -0.39 is 0 Å². The van der Waals surface area contributed by atoms with Crippen molar-refractivity contribution in [3.63, 3.8) is 0 Å². The Labute approximate surface area is 322 Å². The summed E-state index contributed by atoms with van der Waals surface area (Å²) in [6.45, 7) is 9.43. The van der Waals surface area contributed by atoms with Gasteiger partial charge in [-0.15, -0.1) is 49.6 Å². The maximum absolute atomic E-state index is 14.5. The van der Waals surface area contributed by atoms with Crippen molar-refractivity contribution < 1.29 is 9.53 Å². The lowest BCUT2D eigenvalue weighted by molar-refractivity contribution is -0.137. The number of rotatable bonds is 12. The Balaban J connectivity index is 0.00000208. The number of para-hydroxylation sites is 1. The van der Waals surface area contributed by atoms with Crippen LogP contribution in [-0.2, 0) is 35.5 Å². The molecule has 0 radical (unpaired) electrons. The molecule has 3 aromatic carbocycles. The fourth-order valence-corrected chi connectivity index (χ4v) is 7.37. The van der Waals surface area contributed by atoms with Crippen LogP contribution in [0.25, 0.3) is 0 Å². The molecule has 2 fully saturated rings. The second-order valence-corrected chi connectivity index (χ2v) is 13.2. The van der Waals surface area contributed by atoms with Gasteiger partial charge in [0.05, 0.1) is 12.6 Å². The van der Waals surface area contributed by atoms with Gasteiger partial charge in [0.25, 0.3) is 0 Å². The van der Waals surface area contributed by atoms with Gasteiger partial charge in [0, 0.05) is 76.2 Å². The first kappa shape index (κ1) is 43.4. The van der Waals surface area contributed by atoms with E-state index in [0.29, 0.717) is 24.6 Å². The van der Waals surface area contributed by atoms with Crippen molar-refractivity contribution in [1.29, 1.82) is 0 Å². The molecule has 272 valence electrons. The van der Waals surface area contributed by atoms with E-state index in [1.54, 1.807) is 7.11 Å². The van der Waals surface area contributed by atoms with Crippen LogP contribution in [0.15, 0.2) is 72.8 Å². The predicted octanol–water partition coefficient (Wildman–Crippen LogP) is 6.55.